The molecular formula is C7H10Pt. The molecule has 0 N–H and O–H groups in total. The van der Waals surface area contributed by atoms with Crippen LogP contribution in [0.5, 0.6) is 0 Å². The van der Waals surface area contributed by atoms with E-state index in [-0.39, 0.29) is 21.1 Å². The average molecular weight is 289 g/mol. The van der Waals surface area contributed by atoms with Crippen molar-refractivity contribution in [3.63, 3.8) is 0 Å². The molecule has 0 saturated heterocycles. The van der Waals surface area contributed by atoms with Crippen LogP contribution in [0.25, 0.3) is 0 Å². The van der Waals surface area contributed by atoms with Crippen molar-refractivity contribution in [1.29, 1.82) is 0 Å². The standard InChI is InChI=1S/C5H5.C2H5.Pt/c1-2-4-5-3-1;1-2;/h1-5H;1H2,2H3;/q2*-1;+2. The summed E-state index contributed by atoms with van der Waals surface area (Å²) in [5.41, 5.74) is 0. The van der Waals surface area contributed by atoms with Crippen LogP contribution in [0.1, 0.15) is 6.92 Å². The van der Waals surface area contributed by atoms with Gasteiger partial charge in [-0.15, -0.1) is 0 Å². The summed E-state index contributed by atoms with van der Waals surface area (Å²) in [4.78, 5) is 0. The Morgan fingerprint density at radius 2 is 1.50 bits per heavy atom. The van der Waals surface area contributed by atoms with Crippen molar-refractivity contribution in [3.8, 4) is 0 Å². The van der Waals surface area contributed by atoms with Gasteiger partial charge in [0.05, 0.1) is 0 Å². The summed E-state index contributed by atoms with van der Waals surface area (Å²) < 4.78 is 0. The molecule has 0 spiro atoms. The zero-order valence-corrected chi connectivity index (χ0v) is 7.18. The largest absolute Gasteiger partial charge is 2.00 e. The minimum absolute atomic E-state index is 0. The van der Waals surface area contributed by atoms with E-state index in [0.717, 1.165) is 0 Å². The predicted octanol–water partition coefficient (Wildman–Crippen LogP) is 2.24. The maximum Gasteiger partial charge on any atom is 2.00 e. The second-order valence-corrected chi connectivity index (χ2v) is 0.962. The summed E-state index contributed by atoms with van der Waals surface area (Å²) in [7, 11) is 0. The van der Waals surface area contributed by atoms with Crippen molar-refractivity contribution in [1.82, 2.24) is 0 Å². The summed E-state index contributed by atoms with van der Waals surface area (Å²) >= 11 is 0. The molecule has 0 amide bonds. The van der Waals surface area contributed by atoms with Crippen molar-refractivity contribution in [2.75, 3.05) is 0 Å². The summed E-state index contributed by atoms with van der Waals surface area (Å²) in [5, 5.41) is 0. The quantitative estimate of drug-likeness (QED) is 0.643. The summed E-state index contributed by atoms with van der Waals surface area (Å²) in [6, 6.07) is 10.0. The summed E-state index contributed by atoms with van der Waals surface area (Å²) in [6.07, 6.45) is 0. The average Bonchev–Trinajstić information content (AvgIpc) is 2.23. The van der Waals surface area contributed by atoms with Crippen molar-refractivity contribution in [2.24, 2.45) is 0 Å². The van der Waals surface area contributed by atoms with E-state index in [1.54, 1.807) is 6.92 Å². The fourth-order valence-electron chi connectivity index (χ4n) is 0.321. The molecular weight excluding hydrogens is 279 g/mol. The smallest absolute Gasteiger partial charge is 0.346 e. The molecule has 8 heavy (non-hydrogen) atoms. The van der Waals surface area contributed by atoms with E-state index in [0.29, 0.717) is 0 Å². The number of hydrogen-bond donors (Lipinski definition) is 0. The van der Waals surface area contributed by atoms with Gasteiger partial charge in [-0.2, -0.15) is 25.1 Å². The van der Waals surface area contributed by atoms with Crippen LogP contribution >= 0.6 is 0 Å². The van der Waals surface area contributed by atoms with E-state index >= 15 is 0 Å². The molecule has 0 aliphatic rings. The van der Waals surface area contributed by atoms with Crippen molar-refractivity contribution in [3.05, 3.63) is 37.3 Å². The van der Waals surface area contributed by atoms with Gasteiger partial charge >= 0.3 is 21.1 Å². The molecule has 0 radical (unpaired) electrons. The van der Waals surface area contributed by atoms with E-state index in [1.165, 1.54) is 0 Å². The van der Waals surface area contributed by atoms with Crippen LogP contribution in [-0.4, -0.2) is 0 Å². The molecule has 0 atom stereocenters. The zero-order chi connectivity index (χ0) is 5.54. The SMILES string of the molecule is [CH2-]C.[Pt+2].c1cc[cH-]c1. The number of rotatable bonds is 0. The molecule has 0 nitrogen and oxygen atoms in total. The molecule has 0 saturated carbocycles. The van der Waals surface area contributed by atoms with Crippen molar-refractivity contribution in [2.45, 2.75) is 6.92 Å². The van der Waals surface area contributed by atoms with Gasteiger partial charge in [-0.1, -0.05) is 0 Å². The second-order valence-electron chi connectivity index (χ2n) is 0.962. The van der Waals surface area contributed by atoms with Gasteiger partial charge in [0, 0.05) is 0 Å². The van der Waals surface area contributed by atoms with Crippen LogP contribution in [0, 0.1) is 6.92 Å². The van der Waals surface area contributed by atoms with Crippen LogP contribution in [0.3, 0.4) is 0 Å². The molecule has 0 bridgehead atoms. The second kappa shape index (κ2) is 10.1. The molecule has 1 aromatic carbocycles. The molecule has 0 aromatic heterocycles. The fourth-order valence-corrected chi connectivity index (χ4v) is 0.321. The number of hydrogen-bond acceptors (Lipinski definition) is 0. The fraction of sp³-hybridized carbons (Fsp3) is 0.143. The van der Waals surface area contributed by atoms with E-state index in [4.69, 9.17) is 0 Å². The predicted molar refractivity (Wildman–Crippen MR) is 33.1 cm³/mol. The first-order valence-corrected chi connectivity index (χ1v) is 2.37. The molecule has 0 aliphatic carbocycles. The van der Waals surface area contributed by atoms with Crippen LogP contribution < -0.4 is 0 Å². The van der Waals surface area contributed by atoms with Crippen LogP contribution in [-0.2, 0) is 21.1 Å². The Balaban J connectivity index is 0. The Labute approximate surface area is 65.5 Å². The van der Waals surface area contributed by atoms with Gasteiger partial charge in [0.15, 0.2) is 0 Å². The van der Waals surface area contributed by atoms with E-state index < -0.39 is 0 Å². The Hall–Kier alpha value is 0.0383. The van der Waals surface area contributed by atoms with Gasteiger partial charge in [0.2, 0.25) is 0 Å². The minimum Gasteiger partial charge on any atom is -0.346 e. The van der Waals surface area contributed by atoms with E-state index in [9.17, 15) is 0 Å². The van der Waals surface area contributed by atoms with Crippen LogP contribution in [0.2, 0.25) is 0 Å². The Morgan fingerprint density at radius 1 is 1.12 bits per heavy atom. The molecule has 0 fully saturated rings. The topological polar surface area (TPSA) is 0 Å². The van der Waals surface area contributed by atoms with Gasteiger partial charge in [-0.3, -0.25) is 0 Å². The molecule has 0 unspecified atom stereocenters. The maximum atomic E-state index is 3.25. The molecule has 0 aliphatic heterocycles. The first-order valence-electron chi connectivity index (χ1n) is 2.37. The Kier molecular flexibility index (Phi) is 13.8. The summed E-state index contributed by atoms with van der Waals surface area (Å²) in [5.74, 6) is 0. The monoisotopic (exact) mass is 289 g/mol. The summed E-state index contributed by atoms with van der Waals surface area (Å²) in [6.45, 7) is 5.00. The third-order valence-electron chi connectivity index (χ3n) is 0.556. The van der Waals surface area contributed by atoms with Crippen LogP contribution in [0.15, 0.2) is 30.3 Å². The molecule has 1 heteroatoms. The van der Waals surface area contributed by atoms with Gasteiger partial charge < -0.3 is 6.92 Å². The van der Waals surface area contributed by atoms with Gasteiger partial charge in [-0.05, 0) is 0 Å². The molecule has 1 aromatic rings. The zero-order valence-electron chi connectivity index (χ0n) is 4.91. The first kappa shape index (κ1) is 10.9. The van der Waals surface area contributed by atoms with Gasteiger partial charge in [-0.25, -0.2) is 12.1 Å². The van der Waals surface area contributed by atoms with E-state index in [2.05, 4.69) is 6.92 Å². The van der Waals surface area contributed by atoms with E-state index in [1.807, 2.05) is 30.3 Å². The van der Waals surface area contributed by atoms with Gasteiger partial charge in [0.25, 0.3) is 0 Å². The van der Waals surface area contributed by atoms with Crippen LogP contribution in [0.4, 0.5) is 0 Å². The molecule has 48 valence electrons. The third-order valence-corrected chi connectivity index (χ3v) is 0.556. The molecule has 0 heterocycles. The van der Waals surface area contributed by atoms with Crippen molar-refractivity contribution >= 4 is 0 Å². The Bertz CT molecular complexity index is 60.9. The van der Waals surface area contributed by atoms with Gasteiger partial charge in [0.1, 0.15) is 0 Å². The maximum absolute atomic E-state index is 3.25. The normalized spacial score (nSPS) is 5.75. The van der Waals surface area contributed by atoms with Crippen molar-refractivity contribution < 1.29 is 21.1 Å². The Morgan fingerprint density at radius 3 is 1.62 bits per heavy atom. The molecule has 1 rings (SSSR count). The third kappa shape index (κ3) is 6.04. The first-order chi connectivity index (χ1) is 3.50. The minimum atomic E-state index is 0.